The second-order valence-electron chi connectivity index (χ2n) is 6.72. The van der Waals surface area contributed by atoms with Gasteiger partial charge in [-0.2, -0.15) is 0 Å². The van der Waals surface area contributed by atoms with Gasteiger partial charge in [0.25, 0.3) is 5.91 Å². The van der Waals surface area contributed by atoms with Crippen molar-refractivity contribution in [1.29, 1.82) is 0 Å². The van der Waals surface area contributed by atoms with Gasteiger partial charge in [-0.1, -0.05) is 41.0 Å². The van der Waals surface area contributed by atoms with Gasteiger partial charge in [0.05, 0.1) is 10.9 Å². The number of carbonyl (C=O) groups is 2. The Labute approximate surface area is 182 Å². The Kier molecular flexibility index (Phi) is 5.72. The lowest BCUT2D eigenvalue weighted by Gasteiger charge is -2.10. The Morgan fingerprint density at radius 3 is 2.52 bits per heavy atom. The maximum absolute atomic E-state index is 12.8. The minimum Gasteiger partial charge on any atom is -0.380 e. The van der Waals surface area contributed by atoms with Crippen LogP contribution in [0.25, 0.3) is 11.0 Å². The van der Waals surface area contributed by atoms with E-state index in [-0.39, 0.29) is 24.3 Å². The van der Waals surface area contributed by atoms with Crippen LogP contribution in [-0.4, -0.2) is 17.1 Å². The fourth-order valence-electron chi connectivity index (χ4n) is 3.09. The highest BCUT2D eigenvalue weighted by Crippen LogP contribution is 2.25. The summed E-state index contributed by atoms with van der Waals surface area (Å²) in [7, 11) is 0. The molecule has 3 amide bonds. The summed E-state index contributed by atoms with van der Waals surface area (Å²) in [4.78, 5) is 24.9. The first-order valence-corrected chi connectivity index (χ1v) is 9.72. The summed E-state index contributed by atoms with van der Waals surface area (Å²) in [5.41, 5.74) is 8.60. The summed E-state index contributed by atoms with van der Waals surface area (Å²) in [5, 5.41) is 13.0. The largest absolute Gasteiger partial charge is 0.380 e. The standard InChI is InChI=1S/C22H18ClN5O3/c23-14-5-2-7-16(11-14)27-22(30)25-12-13-4-1-6-15(10-13)26-21(29)17-8-3-9-18-19(17)20(24)28-31-18/h1-11H,12H2,(H2,24,28)(H,26,29)(H2,25,27,30). The average Bonchev–Trinajstić information content (AvgIpc) is 3.14. The summed E-state index contributed by atoms with van der Waals surface area (Å²) >= 11 is 5.92. The molecule has 9 heteroatoms. The molecule has 8 nitrogen and oxygen atoms in total. The first-order valence-electron chi connectivity index (χ1n) is 9.34. The van der Waals surface area contributed by atoms with Gasteiger partial charge in [-0.15, -0.1) is 0 Å². The van der Waals surface area contributed by atoms with E-state index in [1.165, 1.54) is 0 Å². The molecule has 0 fully saturated rings. The van der Waals surface area contributed by atoms with E-state index in [1.54, 1.807) is 60.7 Å². The molecule has 0 atom stereocenters. The molecule has 0 radical (unpaired) electrons. The van der Waals surface area contributed by atoms with Crippen LogP contribution in [0.1, 0.15) is 15.9 Å². The lowest BCUT2D eigenvalue weighted by atomic mass is 10.1. The van der Waals surface area contributed by atoms with Crippen LogP contribution in [0, 0.1) is 0 Å². The van der Waals surface area contributed by atoms with Crippen LogP contribution in [0.3, 0.4) is 0 Å². The number of aromatic nitrogens is 1. The molecule has 0 unspecified atom stereocenters. The average molecular weight is 436 g/mol. The van der Waals surface area contributed by atoms with E-state index in [1.807, 2.05) is 6.07 Å². The number of halogens is 1. The maximum Gasteiger partial charge on any atom is 0.319 e. The van der Waals surface area contributed by atoms with Crippen molar-refractivity contribution in [3.05, 3.63) is 82.9 Å². The number of hydrogen-bond acceptors (Lipinski definition) is 5. The molecule has 1 heterocycles. The number of nitrogen functional groups attached to an aromatic ring is 1. The molecule has 0 saturated carbocycles. The molecule has 1 aromatic heterocycles. The zero-order chi connectivity index (χ0) is 21.8. The molecular weight excluding hydrogens is 418 g/mol. The Hall–Kier alpha value is -4.04. The lowest BCUT2D eigenvalue weighted by Crippen LogP contribution is -2.28. The third-order valence-electron chi connectivity index (χ3n) is 4.49. The fourth-order valence-corrected chi connectivity index (χ4v) is 3.28. The van der Waals surface area contributed by atoms with Crippen LogP contribution in [0.5, 0.6) is 0 Å². The van der Waals surface area contributed by atoms with Crippen LogP contribution in [0.4, 0.5) is 22.0 Å². The quantitative estimate of drug-likeness (QED) is 0.364. The predicted octanol–water partition coefficient (Wildman–Crippen LogP) is 4.64. The number of carbonyl (C=O) groups excluding carboxylic acids is 2. The van der Waals surface area contributed by atoms with E-state index in [0.29, 0.717) is 32.9 Å². The van der Waals surface area contributed by atoms with Gasteiger partial charge >= 0.3 is 6.03 Å². The number of hydrogen-bond donors (Lipinski definition) is 4. The van der Waals surface area contributed by atoms with Crippen LogP contribution in [0.15, 0.2) is 71.3 Å². The van der Waals surface area contributed by atoms with Crippen molar-refractivity contribution in [3.8, 4) is 0 Å². The topological polar surface area (TPSA) is 122 Å². The van der Waals surface area contributed by atoms with Gasteiger partial charge in [-0.25, -0.2) is 4.79 Å². The molecule has 0 aliphatic heterocycles. The van der Waals surface area contributed by atoms with Gasteiger partial charge in [0.2, 0.25) is 0 Å². The number of benzene rings is 3. The van der Waals surface area contributed by atoms with Crippen LogP contribution in [-0.2, 0) is 6.54 Å². The number of nitrogens with two attached hydrogens (primary N) is 1. The summed E-state index contributed by atoms with van der Waals surface area (Å²) in [6.07, 6.45) is 0. The van der Waals surface area contributed by atoms with Crippen molar-refractivity contribution in [2.24, 2.45) is 0 Å². The zero-order valence-corrected chi connectivity index (χ0v) is 16.9. The molecule has 31 heavy (non-hydrogen) atoms. The number of fused-ring (bicyclic) bond motifs is 1. The van der Waals surface area contributed by atoms with Gasteiger partial charge in [0.15, 0.2) is 11.4 Å². The highest BCUT2D eigenvalue weighted by Gasteiger charge is 2.16. The number of amides is 3. The van der Waals surface area contributed by atoms with Crippen LogP contribution >= 0.6 is 11.6 Å². The number of urea groups is 1. The third kappa shape index (κ3) is 4.76. The molecule has 5 N–H and O–H groups in total. The first-order chi connectivity index (χ1) is 15.0. The summed E-state index contributed by atoms with van der Waals surface area (Å²) in [5.74, 6) is -0.186. The Bertz CT molecular complexity index is 1270. The van der Waals surface area contributed by atoms with Crippen molar-refractivity contribution >= 4 is 51.7 Å². The fraction of sp³-hybridized carbons (Fsp3) is 0.0455. The molecular formula is C22H18ClN5O3. The van der Waals surface area contributed by atoms with Gasteiger partial charge in [0, 0.05) is 22.9 Å². The second kappa shape index (κ2) is 8.76. The van der Waals surface area contributed by atoms with Gasteiger partial charge in [-0.3, -0.25) is 4.79 Å². The van der Waals surface area contributed by atoms with E-state index >= 15 is 0 Å². The molecule has 156 valence electrons. The molecule has 0 aliphatic carbocycles. The minimum atomic E-state index is -0.369. The lowest BCUT2D eigenvalue weighted by molar-refractivity contribution is 0.102. The van der Waals surface area contributed by atoms with E-state index in [0.717, 1.165) is 5.56 Å². The number of anilines is 3. The van der Waals surface area contributed by atoms with Crippen molar-refractivity contribution in [1.82, 2.24) is 10.5 Å². The molecule has 0 saturated heterocycles. The summed E-state index contributed by atoms with van der Waals surface area (Å²) in [6, 6.07) is 18.7. The highest BCUT2D eigenvalue weighted by atomic mass is 35.5. The molecule has 3 aromatic carbocycles. The SMILES string of the molecule is Nc1noc2cccc(C(=O)Nc3cccc(CNC(=O)Nc4cccc(Cl)c4)c3)c12. The molecule has 4 aromatic rings. The molecule has 4 rings (SSSR count). The zero-order valence-electron chi connectivity index (χ0n) is 16.2. The van der Waals surface area contributed by atoms with Crippen molar-refractivity contribution in [2.45, 2.75) is 6.54 Å². The minimum absolute atomic E-state index is 0.157. The van der Waals surface area contributed by atoms with Crippen molar-refractivity contribution in [3.63, 3.8) is 0 Å². The number of nitrogens with one attached hydrogen (secondary N) is 3. The van der Waals surface area contributed by atoms with Gasteiger partial charge < -0.3 is 26.2 Å². The van der Waals surface area contributed by atoms with E-state index in [9.17, 15) is 9.59 Å². The van der Waals surface area contributed by atoms with Crippen molar-refractivity contribution in [2.75, 3.05) is 16.4 Å². The van der Waals surface area contributed by atoms with Crippen LogP contribution < -0.4 is 21.7 Å². The monoisotopic (exact) mass is 435 g/mol. The highest BCUT2D eigenvalue weighted by molar-refractivity contribution is 6.30. The van der Waals surface area contributed by atoms with Crippen LogP contribution in [0.2, 0.25) is 5.02 Å². The molecule has 0 bridgehead atoms. The normalized spacial score (nSPS) is 10.6. The number of rotatable bonds is 5. The third-order valence-corrected chi connectivity index (χ3v) is 4.72. The van der Waals surface area contributed by atoms with Gasteiger partial charge in [0.1, 0.15) is 0 Å². The van der Waals surface area contributed by atoms with E-state index in [4.69, 9.17) is 21.9 Å². The summed E-state index contributed by atoms with van der Waals surface area (Å²) in [6.45, 7) is 0.268. The second-order valence-corrected chi connectivity index (χ2v) is 7.16. The number of nitrogens with zero attached hydrogens (tertiary/aromatic N) is 1. The molecule has 0 spiro atoms. The summed E-state index contributed by atoms with van der Waals surface area (Å²) < 4.78 is 5.10. The Morgan fingerprint density at radius 2 is 1.71 bits per heavy atom. The predicted molar refractivity (Wildman–Crippen MR) is 120 cm³/mol. The maximum atomic E-state index is 12.8. The van der Waals surface area contributed by atoms with Gasteiger partial charge in [-0.05, 0) is 48.0 Å². The smallest absolute Gasteiger partial charge is 0.319 e. The Balaban J connectivity index is 1.40. The van der Waals surface area contributed by atoms with E-state index in [2.05, 4.69) is 21.1 Å². The van der Waals surface area contributed by atoms with Crippen molar-refractivity contribution < 1.29 is 14.1 Å². The van der Waals surface area contributed by atoms with E-state index < -0.39 is 0 Å². The first kappa shape index (κ1) is 20.2. The Morgan fingerprint density at radius 1 is 0.968 bits per heavy atom. The molecule has 0 aliphatic rings.